The van der Waals surface area contributed by atoms with E-state index in [1.807, 2.05) is 66.7 Å². The first-order valence-corrected chi connectivity index (χ1v) is 16.0. The molecule has 0 saturated carbocycles. The summed E-state index contributed by atoms with van der Waals surface area (Å²) in [5, 5.41) is 17.4. The number of piperidine rings is 1. The Balaban J connectivity index is 1.06. The molecule has 7 nitrogen and oxygen atoms in total. The number of benzene rings is 3. The Kier molecular flexibility index (Phi) is 10.1. The standard InChI is InChI=1S/C34H40Cl2N4O3/c35-25-3-6-27(7-4-25)37-14-11-30-31-23-26(36)5-10-32(31)38-33(30)34(41)24-1-8-28(9-2-24)43-29-12-15-39(16-13-29)17-18-40-19-21-42-22-20-40/h1-10,23,29,34,37-38,41H,11-22H2. The highest BCUT2D eigenvalue weighted by Gasteiger charge is 2.23. The van der Waals surface area contributed by atoms with Gasteiger partial charge in [-0.05, 0) is 85.0 Å². The zero-order valence-corrected chi connectivity index (χ0v) is 25.9. The number of aliphatic hydroxyl groups is 1. The van der Waals surface area contributed by atoms with Gasteiger partial charge >= 0.3 is 0 Å². The molecule has 0 bridgehead atoms. The van der Waals surface area contributed by atoms with Crippen LogP contribution in [0.4, 0.5) is 5.69 Å². The third-order valence-corrected chi connectivity index (χ3v) is 9.08. The number of anilines is 1. The molecule has 6 rings (SSSR count). The van der Waals surface area contributed by atoms with Crippen LogP contribution in [0.25, 0.3) is 10.9 Å². The number of fused-ring (bicyclic) bond motifs is 1. The zero-order chi connectivity index (χ0) is 29.6. The number of morpholine rings is 1. The number of aromatic nitrogens is 1. The van der Waals surface area contributed by atoms with Crippen molar-refractivity contribution in [2.45, 2.75) is 31.5 Å². The number of nitrogens with one attached hydrogen (secondary N) is 2. The average Bonchev–Trinajstić information content (AvgIpc) is 3.39. The van der Waals surface area contributed by atoms with Crippen LogP contribution in [0.15, 0.2) is 66.7 Å². The molecule has 4 aromatic rings. The fourth-order valence-corrected chi connectivity index (χ4v) is 6.39. The van der Waals surface area contributed by atoms with Crippen molar-refractivity contribution < 1.29 is 14.6 Å². The smallest absolute Gasteiger partial charge is 0.119 e. The normalized spacial score (nSPS) is 17.7. The van der Waals surface area contributed by atoms with Crippen LogP contribution in [0.3, 0.4) is 0 Å². The molecule has 1 aromatic heterocycles. The molecule has 0 radical (unpaired) electrons. The van der Waals surface area contributed by atoms with Gasteiger partial charge in [-0.25, -0.2) is 0 Å². The second kappa shape index (κ2) is 14.3. The summed E-state index contributed by atoms with van der Waals surface area (Å²) in [6.45, 7) is 8.83. The van der Waals surface area contributed by atoms with Gasteiger partial charge in [-0.2, -0.15) is 0 Å². The lowest BCUT2D eigenvalue weighted by Gasteiger charge is -2.34. The molecular formula is C34H40Cl2N4O3. The molecular weight excluding hydrogens is 583 g/mol. The average molecular weight is 624 g/mol. The van der Waals surface area contributed by atoms with Crippen molar-refractivity contribution in [3.63, 3.8) is 0 Å². The first kappa shape index (κ1) is 30.3. The summed E-state index contributed by atoms with van der Waals surface area (Å²) in [7, 11) is 0. The van der Waals surface area contributed by atoms with Crippen molar-refractivity contribution in [1.82, 2.24) is 14.8 Å². The number of aliphatic hydroxyl groups excluding tert-OH is 1. The monoisotopic (exact) mass is 622 g/mol. The number of halogens is 2. The lowest BCUT2D eigenvalue weighted by molar-refractivity contribution is 0.0289. The van der Waals surface area contributed by atoms with E-state index >= 15 is 0 Å². The summed E-state index contributed by atoms with van der Waals surface area (Å²) in [5.41, 5.74) is 4.60. The minimum absolute atomic E-state index is 0.216. The van der Waals surface area contributed by atoms with Crippen molar-refractivity contribution in [1.29, 1.82) is 0 Å². The Morgan fingerprint density at radius 3 is 2.28 bits per heavy atom. The highest BCUT2D eigenvalue weighted by Crippen LogP contribution is 2.33. The second-order valence-corrected chi connectivity index (χ2v) is 12.3. The van der Waals surface area contributed by atoms with Gasteiger partial charge in [0, 0.05) is 72.4 Å². The van der Waals surface area contributed by atoms with E-state index in [0.717, 1.165) is 104 Å². The Bertz CT molecular complexity index is 1460. The van der Waals surface area contributed by atoms with Gasteiger partial charge in [-0.1, -0.05) is 35.3 Å². The van der Waals surface area contributed by atoms with Gasteiger partial charge in [0.15, 0.2) is 0 Å². The Morgan fingerprint density at radius 1 is 0.884 bits per heavy atom. The van der Waals surface area contributed by atoms with E-state index in [9.17, 15) is 5.11 Å². The van der Waals surface area contributed by atoms with E-state index in [0.29, 0.717) is 23.0 Å². The van der Waals surface area contributed by atoms with Gasteiger partial charge in [0.05, 0.1) is 18.9 Å². The minimum atomic E-state index is -0.805. The predicted molar refractivity (Wildman–Crippen MR) is 175 cm³/mol. The van der Waals surface area contributed by atoms with E-state index < -0.39 is 6.10 Å². The number of hydrogen-bond acceptors (Lipinski definition) is 6. The van der Waals surface area contributed by atoms with Crippen molar-refractivity contribution in [3.8, 4) is 5.75 Å². The Hall–Kier alpha value is -2.78. The molecule has 2 saturated heterocycles. The highest BCUT2D eigenvalue weighted by molar-refractivity contribution is 6.31. The number of rotatable bonds is 11. The first-order valence-electron chi connectivity index (χ1n) is 15.3. The van der Waals surface area contributed by atoms with Gasteiger partial charge in [-0.15, -0.1) is 0 Å². The number of hydrogen-bond donors (Lipinski definition) is 3. The molecule has 0 amide bonds. The summed E-state index contributed by atoms with van der Waals surface area (Å²) in [6.07, 6.45) is 2.17. The molecule has 0 aliphatic carbocycles. The fraction of sp³-hybridized carbons (Fsp3) is 0.412. The van der Waals surface area contributed by atoms with E-state index in [1.165, 1.54) is 0 Å². The Labute approximate surface area is 263 Å². The maximum Gasteiger partial charge on any atom is 0.119 e. The maximum absolute atomic E-state index is 11.5. The van der Waals surface area contributed by atoms with E-state index in [1.54, 1.807) is 0 Å². The second-order valence-electron chi connectivity index (χ2n) is 11.5. The van der Waals surface area contributed by atoms with Crippen LogP contribution in [0, 0.1) is 0 Å². The van der Waals surface area contributed by atoms with Crippen LogP contribution < -0.4 is 10.1 Å². The molecule has 3 heterocycles. The fourth-order valence-electron chi connectivity index (χ4n) is 6.09. The predicted octanol–water partition coefficient (Wildman–Crippen LogP) is 6.39. The number of H-pyrrole nitrogens is 1. The molecule has 1 unspecified atom stereocenters. The van der Waals surface area contributed by atoms with E-state index in [-0.39, 0.29) is 6.10 Å². The summed E-state index contributed by atoms with van der Waals surface area (Å²) < 4.78 is 11.8. The number of aromatic amines is 1. The molecule has 228 valence electrons. The molecule has 0 spiro atoms. The number of nitrogens with zero attached hydrogens (tertiary/aromatic N) is 2. The molecule has 2 fully saturated rings. The van der Waals surface area contributed by atoms with Crippen molar-refractivity contribution in [2.24, 2.45) is 0 Å². The topological polar surface area (TPSA) is 73.0 Å². The van der Waals surface area contributed by atoms with Gasteiger partial charge in [0.2, 0.25) is 0 Å². The zero-order valence-electron chi connectivity index (χ0n) is 24.4. The van der Waals surface area contributed by atoms with Crippen LogP contribution in [-0.4, -0.2) is 85.0 Å². The Morgan fingerprint density at radius 2 is 1.56 bits per heavy atom. The largest absolute Gasteiger partial charge is 0.490 e. The molecule has 9 heteroatoms. The number of likely N-dealkylation sites (tertiary alicyclic amines) is 1. The highest BCUT2D eigenvalue weighted by atomic mass is 35.5. The van der Waals surface area contributed by atoms with Crippen LogP contribution in [0.5, 0.6) is 5.75 Å². The van der Waals surface area contributed by atoms with Crippen LogP contribution >= 0.6 is 23.2 Å². The molecule has 2 aliphatic heterocycles. The molecule has 43 heavy (non-hydrogen) atoms. The summed E-state index contributed by atoms with van der Waals surface area (Å²) in [5.74, 6) is 0.846. The van der Waals surface area contributed by atoms with Gasteiger partial charge in [-0.3, -0.25) is 4.90 Å². The minimum Gasteiger partial charge on any atom is -0.490 e. The third kappa shape index (κ3) is 7.85. The van der Waals surface area contributed by atoms with Crippen LogP contribution in [0.2, 0.25) is 10.0 Å². The summed E-state index contributed by atoms with van der Waals surface area (Å²) >= 11 is 12.4. The van der Waals surface area contributed by atoms with Crippen molar-refractivity contribution in [2.75, 3.05) is 64.3 Å². The SMILES string of the molecule is OC(c1ccc(OC2CCN(CCN3CCOCC3)CC2)cc1)c1[nH]c2ccc(Cl)cc2c1CCNc1ccc(Cl)cc1. The van der Waals surface area contributed by atoms with Gasteiger partial charge in [0.25, 0.3) is 0 Å². The lowest BCUT2D eigenvalue weighted by atomic mass is 9.99. The van der Waals surface area contributed by atoms with Crippen molar-refractivity contribution >= 4 is 39.8 Å². The van der Waals surface area contributed by atoms with Gasteiger partial charge < -0.3 is 29.8 Å². The van der Waals surface area contributed by atoms with Crippen LogP contribution in [-0.2, 0) is 11.2 Å². The third-order valence-electron chi connectivity index (χ3n) is 8.59. The molecule has 3 N–H and O–H groups in total. The summed E-state index contributed by atoms with van der Waals surface area (Å²) in [6, 6.07) is 21.3. The maximum atomic E-state index is 11.5. The quantitative estimate of drug-likeness (QED) is 0.180. The molecule has 2 aliphatic rings. The first-order chi connectivity index (χ1) is 21.0. The van der Waals surface area contributed by atoms with Crippen molar-refractivity contribution in [3.05, 3.63) is 93.6 Å². The van der Waals surface area contributed by atoms with Gasteiger partial charge in [0.1, 0.15) is 18.0 Å². The summed E-state index contributed by atoms with van der Waals surface area (Å²) in [4.78, 5) is 8.50. The molecule has 1 atom stereocenters. The lowest BCUT2D eigenvalue weighted by Crippen LogP contribution is -2.44. The van der Waals surface area contributed by atoms with E-state index in [4.69, 9.17) is 32.7 Å². The van der Waals surface area contributed by atoms with E-state index in [2.05, 4.69) is 20.1 Å². The molecule has 3 aromatic carbocycles. The number of ether oxygens (including phenoxy) is 2. The van der Waals surface area contributed by atoms with Crippen LogP contribution in [0.1, 0.15) is 35.8 Å².